The van der Waals surface area contributed by atoms with E-state index in [1.165, 1.54) is 0 Å². The molecule has 0 radical (unpaired) electrons. The van der Waals surface area contributed by atoms with E-state index in [1.807, 2.05) is 18.2 Å². The molecule has 0 aromatic carbocycles. The van der Waals surface area contributed by atoms with E-state index in [0.29, 0.717) is 18.1 Å². The molecule has 2 fully saturated rings. The second kappa shape index (κ2) is 3.91. The summed E-state index contributed by atoms with van der Waals surface area (Å²) in [6.07, 6.45) is 6.38. The number of hydrogen-bond donors (Lipinski definition) is 1. The topological polar surface area (TPSA) is 56.0 Å². The highest BCUT2D eigenvalue weighted by molar-refractivity contribution is 5.84. The molecule has 1 aromatic rings. The van der Waals surface area contributed by atoms with Crippen LogP contribution in [0.3, 0.4) is 0 Å². The summed E-state index contributed by atoms with van der Waals surface area (Å²) in [6.45, 7) is 0. The van der Waals surface area contributed by atoms with Crippen LogP contribution in [0.5, 0.6) is 0 Å². The van der Waals surface area contributed by atoms with Crippen LogP contribution in [0.4, 0.5) is 0 Å². The van der Waals surface area contributed by atoms with E-state index in [9.17, 15) is 4.79 Å². The predicted molar refractivity (Wildman–Crippen MR) is 65.3 cm³/mol. The van der Waals surface area contributed by atoms with Gasteiger partial charge in [-0.25, -0.2) is 0 Å². The molecule has 0 aliphatic heterocycles. The van der Waals surface area contributed by atoms with Gasteiger partial charge in [-0.05, 0) is 37.3 Å². The van der Waals surface area contributed by atoms with Gasteiger partial charge in [-0.15, -0.1) is 0 Å². The Hall–Kier alpha value is -1.22. The first kappa shape index (κ1) is 10.9. The molecule has 3 heteroatoms. The molecule has 2 N–H and O–H groups in total. The third-order valence-corrected chi connectivity index (χ3v) is 4.40. The van der Waals surface area contributed by atoms with Crippen molar-refractivity contribution < 1.29 is 4.79 Å². The number of nitrogens with zero attached hydrogens (tertiary/aromatic N) is 1. The smallest absolute Gasteiger partial charge is 0.138 e. The largest absolute Gasteiger partial charge is 0.324 e. The van der Waals surface area contributed by atoms with Crippen molar-refractivity contribution in [3.05, 3.63) is 30.1 Å². The number of aromatic nitrogens is 1. The Bertz CT molecular complexity index is 431. The van der Waals surface area contributed by atoms with Crippen LogP contribution < -0.4 is 5.73 Å². The molecule has 2 saturated carbocycles. The number of fused-ring (bicyclic) bond motifs is 2. The van der Waals surface area contributed by atoms with Crippen LogP contribution in [0, 0.1) is 11.8 Å². The van der Waals surface area contributed by atoms with Gasteiger partial charge < -0.3 is 5.73 Å². The standard InChI is InChI=1S/C14H18N2O/c15-14-5-4-10(9-14)7-13(17)12(14)8-11-3-1-2-6-16-11/h1-3,6,10,12H,4-5,7-9,15H2. The molecular formula is C14H18N2O. The molecule has 2 bridgehead atoms. The van der Waals surface area contributed by atoms with Crippen molar-refractivity contribution in [1.29, 1.82) is 0 Å². The summed E-state index contributed by atoms with van der Waals surface area (Å²) in [5, 5.41) is 0. The summed E-state index contributed by atoms with van der Waals surface area (Å²) in [7, 11) is 0. The van der Waals surface area contributed by atoms with Crippen molar-refractivity contribution in [2.24, 2.45) is 17.6 Å². The van der Waals surface area contributed by atoms with Crippen LogP contribution in [0.2, 0.25) is 0 Å². The molecule has 0 amide bonds. The quantitative estimate of drug-likeness (QED) is 0.841. The number of pyridine rings is 1. The van der Waals surface area contributed by atoms with Gasteiger partial charge >= 0.3 is 0 Å². The molecule has 17 heavy (non-hydrogen) atoms. The minimum Gasteiger partial charge on any atom is -0.324 e. The van der Waals surface area contributed by atoms with Gasteiger partial charge in [0, 0.05) is 36.2 Å². The number of carbonyl (C=O) groups excluding carboxylic acids is 1. The monoisotopic (exact) mass is 230 g/mol. The number of hydrogen-bond acceptors (Lipinski definition) is 3. The Morgan fingerprint density at radius 2 is 2.35 bits per heavy atom. The molecule has 0 saturated heterocycles. The second-order valence-corrected chi connectivity index (χ2v) is 5.59. The fourth-order valence-corrected chi connectivity index (χ4v) is 3.50. The Kier molecular flexibility index (Phi) is 2.51. The number of carbonyl (C=O) groups is 1. The minimum absolute atomic E-state index is 0.0175. The van der Waals surface area contributed by atoms with Gasteiger partial charge in [0.25, 0.3) is 0 Å². The lowest BCUT2D eigenvalue weighted by Crippen LogP contribution is -2.51. The average Bonchev–Trinajstić information content (AvgIpc) is 2.64. The zero-order valence-electron chi connectivity index (χ0n) is 9.93. The van der Waals surface area contributed by atoms with E-state index in [1.54, 1.807) is 6.20 Å². The summed E-state index contributed by atoms with van der Waals surface area (Å²) in [6, 6.07) is 5.85. The molecule has 90 valence electrons. The van der Waals surface area contributed by atoms with Crippen molar-refractivity contribution in [3.63, 3.8) is 0 Å². The number of Topliss-reactive ketones (excluding diaryl/α,β-unsaturated/α-hetero) is 1. The van der Waals surface area contributed by atoms with Gasteiger partial charge in [-0.2, -0.15) is 0 Å². The first-order valence-electron chi connectivity index (χ1n) is 6.39. The van der Waals surface area contributed by atoms with Crippen molar-refractivity contribution in [1.82, 2.24) is 4.98 Å². The van der Waals surface area contributed by atoms with Crippen molar-refractivity contribution in [3.8, 4) is 0 Å². The highest BCUT2D eigenvalue weighted by Crippen LogP contribution is 2.46. The van der Waals surface area contributed by atoms with Gasteiger partial charge in [-0.3, -0.25) is 9.78 Å². The molecule has 2 aliphatic rings. The van der Waals surface area contributed by atoms with Gasteiger partial charge in [0.2, 0.25) is 0 Å². The van der Waals surface area contributed by atoms with E-state index in [-0.39, 0.29) is 11.5 Å². The van der Waals surface area contributed by atoms with Crippen LogP contribution in [0.1, 0.15) is 31.4 Å². The molecule has 2 aliphatic carbocycles. The maximum atomic E-state index is 12.2. The lowest BCUT2D eigenvalue weighted by atomic mass is 9.71. The summed E-state index contributed by atoms with van der Waals surface area (Å²) < 4.78 is 0. The maximum absolute atomic E-state index is 12.2. The van der Waals surface area contributed by atoms with Crippen molar-refractivity contribution in [2.75, 3.05) is 0 Å². The average molecular weight is 230 g/mol. The highest BCUT2D eigenvalue weighted by Gasteiger charge is 2.49. The predicted octanol–water partition coefficient (Wildman–Crippen LogP) is 1.71. The summed E-state index contributed by atoms with van der Waals surface area (Å²) in [5.41, 5.74) is 7.17. The fourth-order valence-electron chi connectivity index (χ4n) is 3.50. The van der Waals surface area contributed by atoms with E-state index >= 15 is 0 Å². The van der Waals surface area contributed by atoms with Crippen molar-refractivity contribution in [2.45, 2.75) is 37.6 Å². The summed E-state index contributed by atoms with van der Waals surface area (Å²) in [4.78, 5) is 16.5. The van der Waals surface area contributed by atoms with E-state index in [0.717, 1.165) is 31.4 Å². The SMILES string of the molecule is NC12CCC(CC(=O)C1Cc1ccccn1)C2. The Morgan fingerprint density at radius 1 is 1.47 bits per heavy atom. The van der Waals surface area contributed by atoms with Crippen LogP contribution in [-0.4, -0.2) is 16.3 Å². The second-order valence-electron chi connectivity index (χ2n) is 5.59. The number of rotatable bonds is 2. The normalized spacial score (nSPS) is 36.2. The zero-order chi connectivity index (χ0) is 11.9. The van der Waals surface area contributed by atoms with Gasteiger partial charge in [0.05, 0.1) is 0 Å². The van der Waals surface area contributed by atoms with Crippen LogP contribution in [0.25, 0.3) is 0 Å². The Labute approximate surface area is 101 Å². The van der Waals surface area contributed by atoms with Crippen LogP contribution >= 0.6 is 0 Å². The van der Waals surface area contributed by atoms with Crippen LogP contribution in [-0.2, 0) is 11.2 Å². The van der Waals surface area contributed by atoms with Crippen LogP contribution in [0.15, 0.2) is 24.4 Å². The first-order chi connectivity index (χ1) is 8.17. The molecule has 1 aromatic heterocycles. The van der Waals surface area contributed by atoms with E-state index in [4.69, 9.17) is 5.73 Å². The lowest BCUT2D eigenvalue weighted by Gasteiger charge is -2.36. The zero-order valence-corrected chi connectivity index (χ0v) is 9.93. The first-order valence-corrected chi connectivity index (χ1v) is 6.39. The van der Waals surface area contributed by atoms with Gasteiger partial charge in [-0.1, -0.05) is 6.07 Å². The van der Waals surface area contributed by atoms with E-state index < -0.39 is 0 Å². The van der Waals surface area contributed by atoms with Gasteiger partial charge in [0.15, 0.2) is 0 Å². The molecule has 0 spiro atoms. The lowest BCUT2D eigenvalue weighted by molar-refractivity contribution is -0.127. The molecule has 3 nitrogen and oxygen atoms in total. The fraction of sp³-hybridized carbons (Fsp3) is 0.571. The van der Waals surface area contributed by atoms with Crippen molar-refractivity contribution >= 4 is 5.78 Å². The Morgan fingerprint density at radius 3 is 3.12 bits per heavy atom. The minimum atomic E-state index is -0.252. The third-order valence-electron chi connectivity index (χ3n) is 4.40. The van der Waals surface area contributed by atoms with E-state index in [2.05, 4.69) is 4.98 Å². The molecule has 1 heterocycles. The molecule has 3 atom stereocenters. The number of ketones is 1. The molecular weight excluding hydrogens is 212 g/mol. The molecule has 3 unspecified atom stereocenters. The maximum Gasteiger partial charge on any atom is 0.138 e. The molecule has 3 rings (SSSR count). The summed E-state index contributed by atoms with van der Waals surface area (Å²) in [5.74, 6) is 0.885. The summed E-state index contributed by atoms with van der Waals surface area (Å²) >= 11 is 0. The third kappa shape index (κ3) is 1.89. The Balaban J connectivity index is 1.84. The highest BCUT2D eigenvalue weighted by atomic mass is 16.1. The van der Waals surface area contributed by atoms with Gasteiger partial charge in [0.1, 0.15) is 5.78 Å². The number of nitrogens with two attached hydrogens (primary N) is 1.